The minimum absolute atomic E-state index is 0.109. The quantitative estimate of drug-likeness (QED) is 0.607. The number of likely N-dealkylation sites (tertiary alicyclic amines) is 1. The molecule has 2 heterocycles. The van der Waals surface area contributed by atoms with Gasteiger partial charge in [0.2, 0.25) is 5.91 Å². The highest BCUT2D eigenvalue weighted by atomic mass is 32.1. The molecule has 0 spiro atoms. The van der Waals surface area contributed by atoms with Gasteiger partial charge in [-0.05, 0) is 13.3 Å². The van der Waals surface area contributed by atoms with Crippen LogP contribution in [-0.4, -0.2) is 54.5 Å². The summed E-state index contributed by atoms with van der Waals surface area (Å²) in [6.45, 7) is 3.54. The first-order chi connectivity index (χ1) is 11.8. The number of hydrogen-bond donors (Lipinski definition) is 2. The molecule has 1 fully saturated rings. The summed E-state index contributed by atoms with van der Waals surface area (Å²) in [6, 6.07) is 0.109. The minimum atomic E-state index is -4.40. The predicted octanol–water partition coefficient (Wildman–Crippen LogP) is 1.88. The fraction of sp³-hybridized carbons (Fsp3) is 0.667. The fourth-order valence-electron chi connectivity index (χ4n) is 2.46. The van der Waals surface area contributed by atoms with Crippen molar-refractivity contribution in [2.24, 2.45) is 4.99 Å². The van der Waals surface area contributed by atoms with Crippen LogP contribution in [0.15, 0.2) is 10.4 Å². The Morgan fingerprint density at radius 1 is 1.52 bits per heavy atom. The van der Waals surface area contributed by atoms with Crippen LogP contribution in [-0.2, 0) is 17.4 Å². The van der Waals surface area contributed by atoms with Crippen LogP contribution in [0.25, 0.3) is 0 Å². The molecule has 0 aromatic carbocycles. The Bertz CT molecular complexity index is 617. The summed E-state index contributed by atoms with van der Waals surface area (Å²) in [5.41, 5.74) is -0.851. The monoisotopic (exact) mass is 377 g/mol. The maximum absolute atomic E-state index is 12.5. The van der Waals surface area contributed by atoms with E-state index in [-0.39, 0.29) is 11.9 Å². The Hall–Kier alpha value is -1.84. The Balaban J connectivity index is 1.89. The van der Waals surface area contributed by atoms with Crippen molar-refractivity contribution in [3.05, 3.63) is 16.1 Å². The van der Waals surface area contributed by atoms with Crippen LogP contribution < -0.4 is 10.6 Å². The molecule has 1 aliphatic rings. The normalized spacial score (nSPS) is 19.2. The van der Waals surface area contributed by atoms with Crippen molar-refractivity contribution in [1.29, 1.82) is 0 Å². The molecule has 1 aromatic rings. The van der Waals surface area contributed by atoms with E-state index >= 15 is 0 Å². The summed E-state index contributed by atoms with van der Waals surface area (Å²) >= 11 is 0.992. The number of nitrogens with one attached hydrogen (secondary N) is 2. The lowest BCUT2D eigenvalue weighted by atomic mass is 10.1. The van der Waals surface area contributed by atoms with E-state index in [1.807, 2.05) is 6.92 Å². The maximum Gasteiger partial charge on any atom is 0.434 e. The fourth-order valence-corrected chi connectivity index (χ4v) is 3.26. The Labute approximate surface area is 148 Å². The average molecular weight is 377 g/mol. The van der Waals surface area contributed by atoms with Crippen LogP contribution in [0.3, 0.4) is 0 Å². The van der Waals surface area contributed by atoms with Crippen LogP contribution in [0.4, 0.5) is 13.2 Å². The molecule has 6 nitrogen and oxygen atoms in total. The van der Waals surface area contributed by atoms with Crippen molar-refractivity contribution in [2.75, 3.05) is 26.7 Å². The Morgan fingerprint density at radius 2 is 2.28 bits per heavy atom. The molecule has 1 unspecified atom stereocenters. The van der Waals surface area contributed by atoms with Gasteiger partial charge in [0.15, 0.2) is 11.7 Å². The van der Waals surface area contributed by atoms with Crippen molar-refractivity contribution in [3.63, 3.8) is 0 Å². The lowest BCUT2D eigenvalue weighted by molar-refractivity contribution is -0.140. The van der Waals surface area contributed by atoms with Gasteiger partial charge in [0.1, 0.15) is 0 Å². The van der Waals surface area contributed by atoms with Crippen LogP contribution >= 0.6 is 11.3 Å². The van der Waals surface area contributed by atoms with E-state index in [1.54, 1.807) is 11.9 Å². The number of nitrogens with zero attached hydrogens (tertiary/aromatic N) is 3. The van der Waals surface area contributed by atoms with Crippen molar-refractivity contribution < 1.29 is 18.0 Å². The molecule has 140 valence electrons. The van der Waals surface area contributed by atoms with Crippen molar-refractivity contribution >= 4 is 23.2 Å². The summed E-state index contributed by atoms with van der Waals surface area (Å²) in [7, 11) is 1.76. The third kappa shape index (κ3) is 5.87. The smallest absolute Gasteiger partial charge is 0.357 e. The molecule has 0 aliphatic carbocycles. The van der Waals surface area contributed by atoms with Crippen molar-refractivity contribution in [3.8, 4) is 0 Å². The molecule has 25 heavy (non-hydrogen) atoms. The third-order valence-electron chi connectivity index (χ3n) is 3.75. The number of guanidine groups is 1. The highest BCUT2D eigenvalue weighted by molar-refractivity contribution is 7.09. The van der Waals surface area contributed by atoms with Crippen LogP contribution in [0.1, 0.15) is 30.5 Å². The van der Waals surface area contributed by atoms with E-state index in [4.69, 9.17) is 0 Å². The van der Waals surface area contributed by atoms with E-state index in [2.05, 4.69) is 20.6 Å². The summed E-state index contributed by atoms with van der Waals surface area (Å²) in [5, 5.41) is 7.82. The topological polar surface area (TPSA) is 69.6 Å². The standard InChI is InChI=1S/C15H22F3N5OS/c1-3-19-14(21-10-4-5-13(24)23(2)8-10)20-7-6-12-22-11(9-25-12)15(16,17)18/h9-10H,3-8H2,1-2H3,(H2,19,20,21). The van der Waals surface area contributed by atoms with Crippen LogP contribution in [0.2, 0.25) is 0 Å². The number of hydrogen-bond acceptors (Lipinski definition) is 4. The van der Waals surface area contributed by atoms with Gasteiger partial charge in [-0.15, -0.1) is 11.3 Å². The number of thiazole rings is 1. The van der Waals surface area contributed by atoms with E-state index in [0.29, 0.717) is 43.4 Å². The lowest BCUT2D eigenvalue weighted by Gasteiger charge is -2.31. The first-order valence-electron chi connectivity index (χ1n) is 8.10. The third-order valence-corrected chi connectivity index (χ3v) is 4.66. The molecule has 1 aliphatic heterocycles. The molecule has 1 amide bonds. The molecule has 1 aromatic heterocycles. The van der Waals surface area contributed by atoms with Gasteiger partial charge in [0.05, 0.1) is 5.01 Å². The van der Waals surface area contributed by atoms with Gasteiger partial charge in [-0.1, -0.05) is 0 Å². The average Bonchev–Trinajstić information content (AvgIpc) is 3.00. The molecule has 1 atom stereocenters. The minimum Gasteiger partial charge on any atom is -0.357 e. The van der Waals surface area contributed by atoms with Gasteiger partial charge in [-0.25, -0.2) is 4.98 Å². The van der Waals surface area contributed by atoms with Crippen LogP contribution in [0.5, 0.6) is 0 Å². The van der Waals surface area contributed by atoms with Gasteiger partial charge in [-0.3, -0.25) is 9.79 Å². The van der Waals surface area contributed by atoms with Crippen LogP contribution in [0, 0.1) is 0 Å². The molecule has 2 N–H and O–H groups in total. The molecule has 10 heteroatoms. The summed E-state index contributed by atoms with van der Waals surface area (Å²) < 4.78 is 37.6. The molecule has 2 rings (SSSR count). The van der Waals surface area contributed by atoms with Gasteiger partial charge < -0.3 is 15.5 Å². The second kappa shape index (κ2) is 8.50. The van der Waals surface area contributed by atoms with E-state index in [1.165, 1.54) is 0 Å². The Morgan fingerprint density at radius 3 is 2.88 bits per heavy atom. The predicted molar refractivity (Wildman–Crippen MR) is 90.6 cm³/mol. The SMILES string of the molecule is CCNC(=NCCc1nc(C(F)(F)F)cs1)NC1CCC(=O)N(C)C1. The molecule has 0 saturated carbocycles. The molecule has 0 bridgehead atoms. The highest BCUT2D eigenvalue weighted by Gasteiger charge is 2.33. The summed E-state index contributed by atoms with van der Waals surface area (Å²) in [4.78, 5) is 21.2. The van der Waals surface area contributed by atoms with Gasteiger partial charge in [0, 0.05) is 50.9 Å². The molecular formula is C15H22F3N5OS. The number of amides is 1. The maximum atomic E-state index is 12.5. The number of halogens is 3. The van der Waals surface area contributed by atoms with E-state index < -0.39 is 11.9 Å². The molecule has 1 saturated heterocycles. The number of carbonyl (C=O) groups is 1. The van der Waals surface area contributed by atoms with Gasteiger partial charge >= 0.3 is 6.18 Å². The van der Waals surface area contributed by atoms with E-state index in [9.17, 15) is 18.0 Å². The second-order valence-corrected chi connectivity index (χ2v) is 6.73. The Kier molecular flexibility index (Phi) is 6.63. The summed E-state index contributed by atoms with van der Waals surface area (Å²) in [6.07, 6.45) is -2.83. The first kappa shape index (κ1) is 19.5. The number of alkyl halides is 3. The number of aliphatic imine (C=N–C) groups is 1. The first-order valence-corrected chi connectivity index (χ1v) is 8.98. The number of likely N-dealkylation sites (N-methyl/N-ethyl adjacent to an activating group) is 1. The molecular weight excluding hydrogens is 355 g/mol. The number of carbonyl (C=O) groups excluding carboxylic acids is 1. The zero-order valence-corrected chi connectivity index (χ0v) is 15.0. The zero-order valence-electron chi connectivity index (χ0n) is 14.2. The molecule has 0 radical (unpaired) electrons. The number of piperidine rings is 1. The van der Waals surface area contributed by atoms with Crippen molar-refractivity contribution in [1.82, 2.24) is 20.5 Å². The zero-order chi connectivity index (χ0) is 18.4. The number of rotatable bonds is 5. The summed E-state index contributed by atoms with van der Waals surface area (Å²) in [5.74, 6) is 0.729. The lowest BCUT2D eigenvalue weighted by Crippen LogP contribution is -2.51. The largest absolute Gasteiger partial charge is 0.434 e. The second-order valence-electron chi connectivity index (χ2n) is 5.79. The van der Waals surface area contributed by atoms with Gasteiger partial charge in [-0.2, -0.15) is 13.2 Å². The van der Waals surface area contributed by atoms with Gasteiger partial charge in [0.25, 0.3) is 0 Å². The number of aromatic nitrogens is 1. The van der Waals surface area contributed by atoms with Crippen molar-refractivity contribution in [2.45, 2.75) is 38.4 Å². The highest BCUT2D eigenvalue weighted by Crippen LogP contribution is 2.30. The van der Waals surface area contributed by atoms with E-state index in [0.717, 1.165) is 23.1 Å².